The van der Waals surface area contributed by atoms with E-state index in [0.29, 0.717) is 10.7 Å². The molecule has 0 radical (unpaired) electrons. The second-order valence-corrected chi connectivity index (χ2v) is 6.96. The number of carbonyl (C=O) groups is 3. The fourth-order valence-electron chi connectivity index (χ4n) is 2.79. The van der Waals surface area contributed by atoms with Gasteiger partial charge in [0.1, 0.15) is 5.82 Å². The van der Waals surface area contributed by atoms with E-state index in [4.69, 9.17) is 27.9 Å². The highest BCUT2D eigenvalue weighted by Crippen LogP contribution is 2.28. The summed E-state index contributed by atoms with van der Waals surface area (Å²) < 4.78 is 18.9. The van der Waals surface area contributed by atoms with Gasteiger partial charge < -0.3 is 15.0 Å². The van der Waals surface area contributed by atoms with Crippen LogP contribution in [0.15, 0.2) is 42.5 Å². The Hall–Kier alpha value is -2.64. The first-order chi connectivity index (χ1) is 13.3. The van der Waals surface area contributed by atoms with E-state index >= 15 is 0 Å². The van der Waals surface area contributed by atoms with Gasteiger partial charge in [-0.05, 0) is 30.3 Å². The first kappa shape index (κ1) is 20.1. The van der Waals surface area contributed by atoms with Gasteiger partial charge in [-0.15, -0.1) is 0 Å². The van der Waals surface area contributed by atoms with Crippen LogP contribution in [0, 0.1) is 11.7 Å². The summed E-state index contributed by atoms with van der Waals surface area (Å²) in [7, 11) is 0. The van der Waals surface area contributed by atoms with Crippen molar-refractivity contribution in [3.05, 3.63) is 58.3 Å². The van der Waals surface area contributed by atoms with Crippen molar-refractivity contribution < 1.29 is 23.5 Å². The van der Waals surface area contributed by atoms with Crippen molar-refractivity contribution in [1.82, 2.24) is 0 Å². The molecule has 0 bridgehead atoms. The topological polar surface area (TPSA) is 75.7 Å². The Labute approximate surface area is 170 Å². The number of carbonyl (C=O) groups excluding carboxylic acids is 3. The van der Waals surface area contributed by atoms with E-state index in [1.807, 2.05) is 0 Å². The maximum Gasteiger partial charge on any atom is 0.311 e. The molecule has 0 aromatic heterocycles. The molecule has 2 aromatic rings. The molecule has 0 unspecified atom stereocenters. The lowest BCUT2D eigenvalue weighted by Gasteiger charge is -2.17. The van der Waals surface area contributed by atoms with Crippen molar-refractivity contribution in [3.63, 3.8) is 0 Å². The molecule has 3 rings (SSSR count). The molecule has 146 valence electrons. The number of nitrogens with one attached hydrogen (secondary N) is 1. The van der Waals surface area contributed by atoms with E-state index in [1.165, 1.54) is 35.2 Å². The predicted octanol–water partition coefficient (Wildman–Crippen LogP) is 3.67. The van der Waals surface area contributed by atoms with Crippen molar-refractivity contribution in [2.75, 3.05) is 23.4 Å². The van der Waals surface area contributed by atoms with Gasteiger partial charge in [0, 0.05) is 18.7 Å². The average Bonchev–Trinajstić information content (AvgIpc) is 3.05. The van der Waals surface area contributed by atoms with Crippen LogP contribution in [0.5, 0.6) is 0 Å². The maximum absolute atomic E-state index is 13.9. The van der Waals surface area contributed by atoms with Gasteiger partial charge in [0.05, 0.1) is 21.7 Å². The number of ether oxygens (including phenoxy) is 1. The molecule has 1 fully saturated rings. The summed E-state index contributed by atoms with van der Waals surface area (Å²) in [4.78, 5) is 37.5. The summed E-state index contributed by atoms with van der Waals surface area (Å²) in [6.45, 7) is -0.531. The summed E-state index contributed by atoms with van der Waals surface area (Å²) in [5.41, 5.74) is 0.511. The molecule has 0 aliphatic carbocycles. The van der Waals surface area contributed by atoms with Crippen molar-refractivity contribution in [2.24, 2.45) is 5.92 Å². The molecular weight excluding hydrogens is 410 g/mol. The van der Waals surface area contributed by atoms with Gasteiger partial charge in [0.15, 0.2) is 6.61 Å². The van der Waals surface area contributed by atoms with Crippen LogP contribution in [0.2, 0.25) is 10.0 Å². The second-order valence-electron chi connectivity index (χ2n) is 6.14. The number of para-hydroxylation sites is 1. The molecule has 0 spiro atoms. The lowest BCUT2D eigenvalue weighted by molar-refractivity contribution is -0.151. The number of nitrogens with zero attached hydrogens (tertiary/aromatic N) is 1. The van der Waals surface area contributed by atoms with Gasteiger partial charge in [-0.3, -0.25) is 14.4 Å². The largest absolute Gasteiger partial charge is 0.455 e. The van der Waals surface area contributed by atoms with E-state index in [1.54, 1.807) is 12.1 Å². The number of halogens is 3. The van der Waals surface area contributed by atoms with Crippen LogP contribution in [0.25, 0.3) is 0 Å². The van der Waals surface area contributed by atoms with Crippen LogP contribution in [0.3, 0.4) is 0 Å². The van der Waals surface area contributed by atoms with Crippen LogP contribution >= 0.6 is 23.2 Å². The van der Waals surface area contributed by atoms with Crippen LogP contribution in [-0.4, -0.2) is 30.9 Å². The number of anilines is 2. The molecule has 1 N–H and O–H groups in total. The molecule has 6 nitrogen and oxygen atoms in total. The third kappa shape index (κ3) is 4.61. The zero-order chi connectivity index (χ0) is 20.3. The first-order valence-corrected chi connectivity index (χ1v) is 9.07. The molecule has 1 aliphatic heterocycles. The Bertz CT molecular complexity index is 938. The highest BCUT2D eigenvalue weighted by molar-refractivity contribution is 6.42. The summed E-state index contributed by atoms with van der Waals surface area (Å²) in [5, 5.41) is 3.14. The lowest BCUT2D eigenvalue weighted by atomic mass is 10.1. The molecule has 1 aliphatic rings. The van der Waals surface area contributed by atoms with E-state index in [0.717, 1.165) is 0 Å². The van der Waals surface area contributed by atoms with Crippen LogP contribution in [0.1, 0.15) is 6.42 Å². The van der Waals surface area contributed by atoms with Crippen LogP contribution in [0.4, 0.5) is 15.8 Å². The van der Waals surface area contributed by atoms with Crippen LogP contribution < -0.4 is 10.2 Å². The number of amides is 2. The molecule has 2 amide bonds. The van der Waals surface area contributed by atoms with Gasteiger partial charge in [0.25, 0.3) is 5.91 Å². The predicted molar refractivity (Wildman–Crippen MR) is 103 cm³/mol. The average molecular weight is 425 g/mol. The molecular formula is C19H15Cl2FN2O4. The fourth-order valence-corrected chi connectivity index (χ4v) is 3.09. The molecule has 0 saturated carbocycles. The summed E-state index contributed by atoms with van der Waals surface area (Å²) >= 11 is 11.7. The molecule has 1 heterocycles. The Morgan fingerprint density at radius 3 is 2.64 bits per heavy atom. The second kappa shape index (κ2) is 8.58. The summed E-state index contributed by atoms with van der Waals surface area (Å²) in [5.74, 6) is -2.97. The Kier molecular flexibility index (Phi) is 6.16. The Morgan fingerprint density at radius 2 is 1.93 bits per heavy atom. The Balaban J connectivity index is 1.54. The van der Waals surface area contributed by atoms with Gasteiger partial charge in [0.2, 0.25) is 5.91 Å². The zero-order valence-electron chi connectivity index (χ0n) is 14.5. The summed E-state index contributed by atoms with van der Waals surface area (Å²) in [6.07, 6.45) is -0.110. The van der Waals surface area contributed by atoms with E-state index < -0.39 is 30.2 Å². The van der Waals surface area contributed by atoms with Gasteiger partial charge in [-0.1, -0.05) is 35.3 Å². The van der Waals surface area contributed by atoms with E-state index in [-0.39, 0.29) is 29.6 Å². The number of hydrogen-bond acceptors (Lipinski definition) is 4. The molecule has 9 heteroatoms. The highest BCUT2D eigenvalue weighted by atomic mass is 35.5. The molecule has 1 atom stereocenters. The first-order valence-electron chi connectivity index (χ1n) is 8.31. The monoisotopic (exact) mass is 424 g/mol. The van der Waals surface area contributed by atoms with Crippen molar-refractivity contribution >= 4 is 52.4 Å². The standard InChI is InChI=1S/C19H15Cl2FN2O4/c20-13-6-5-12(8-14(13)21)23-17(25)10-28-19(27)11-7-18(26)24(9-11)16-4-2-1-3-15(16)22/h1-6,8,11H,7,9-10H2,(H,23,25)/t11-/m1/s1. The summed E-state index contributed by atoms with van der Waals surface area (Å²) in [6, 6.07) is 10.4. The minimum absolute atomic E-state index is 0.00693. The van der Waals surface area contributed by atoms with E-state index in [9.17, 15) is 18.8 Å². The SMILES string of the molecule is O=C(COC(=O)[C@@H]1CC(=O)N(c2ccccc2F)C1)Nc1ccc(Cl)c(Cl)c1. The molecule has 1 saturated heterocycles. The normalized spacial score (nSPS) is 16.2. The van der Waals surface area contributed by atoms with Crippen LogP contribution in [-0.2, 0) is 19.1 Å². The third-order valence-electron chi connectivity index (χ3n) is 4.15. The zero-order valence-corrected chi connectivity index (χ0v) is 16.0. The molecule has 28 heavy (non-hydrogen) atoms. The number of rotatable bonds is 5. The van der Waals surface area contributed by atoms with Crippen molar-refractivity contribution in [3.8, 4) is 0 Å². The lowest BCUT2D eigenvalue weighted by Crippen LogP contribution is -2.28. The fraction of sp³-hybridized carbons (Fsp3) is 0.211. The van der Waals surface area contributed by atoms with Crippen molar-refractivity contribution in [2.45, 2.75) is 6.42 Å². The molecule has 2 aromatic carbocycles. The number of benzene rings is 2. The van der Waals surface area contributed by atoms with Gasteiger partial charge >= 0.3 is 5.97 Å². The Morgan fingerprint density at radius 1 is 1.18 bits per heavy atom. The van der Waals surface area contributed by atoms with E-state index in [2.05, 4.69) is 5.32 Å². The third-order valence-corrected chi connectivity index (χ3v) is 4.89. The number of hydrogen-bond donors (Lipinski definition) is 1. The van der Waals surface area contributed by atoms with Crippen molar-refractivity contribution in [1.29, 1.82) is 0 Å². The maximum atomic E-state index is 13.9. The van der Waals surface area contributed by atoms with Gasteiger partial charge in [-0.2, -0.15) is 0 Å². The minimum Gasteiger partial charge on any atom is -0.455 e. The smallest absolute Gasteiger partial charge is 0.311 e. The highest BCUT2D eigenvalue weighted by Gasteiger charge is 2.37. The number of esters is 1. The minimum atomic E-state index is -0.773. The van der Waals surface area contributed by atoms with Gasteiger partial charge in [-0.25, -0.2) is 4.39 Å². The quantitative estimate of drug-likeness (QED) is 0.742.